The van der Waals surface area contributed by atoms with E-state index >= 15 is 0 Å². The van der Waals surface area contributed by atoms with Gasteiger partial charge in [0.15, 0.2) is 0 Å². The lowest BCUT2D eigenvalue weighted by Gasteiger charge is -2.31. The number of urea groups is 1. The molecule has 1 aliphatic heterocycles. The standard InChI is InChI=1S/C15H20IN3O2/c1-10-3-4-13(9-14(10)16)18-15(21)17-12-5-7-19(8-6-12)11(2)20/h3-4,9,12H,5-8H2,1-2H3,(H2,17,18,21). The molecule has 3 amide bonds. The summed E-state index contributed by atoms with van der Waals surface area (Å²) in [5.41, 5.74) is 1.99. The molecule has 114 valence electrons. The fourth-order valence-electron chi connectivity index (χ4n) is 2.36. The lowest BCUT2D eigenvalue weighted by molar-refractivity contribution is -0.129. The van der Waals surface area contributed by atoms with Gasteiger partial charge in [-0.15, -0.1) is 0 Å². The van der Waals surface area contributed by atoms with E-state index in [1.165, 1.54) is 5.56 Å². The van der Waals surface area contributed by atoms with E-state index in [4.69, 9.17) is 0 Å². The summed E-state index contributed by atoms with van der Waals surface area (Å²) in [6.45, 7) is 5.04. The molecule has 1 aromatic rings. The summed E-state index contributed by atoms with van der Waals surface area (Å²) < 4.78 is 1.13. The number of piperidine rings is 1. The molecule has 0 bridgehead atoms. The molecule has 0 unspecified atom stereocenters. The fraction of sp³-hybridized carbons (Fsp3) is 0.467. The molecule has 0 atom stereocenters. The second-order valence-corrected chi connectivity index (χ2v) is 6.50. The second kappa shape index (κ2) is 7.11. The quantitative estimate of drug-likeness (QED) is 0.749. The summed E-state index contributed by atoms with van der Waals surface area (Å²) in [5.74, 6) is 0.104. The largest absolute Gasteiger partial charge is 0.343 e. The van der Waals surface area contributed by atoms with E-state index in [0.29, 0.717) is 13.1 Å². The Balaban J connectivity index is 1.82. The van der Waals surface area contributed by atoms with Gasteiger partial charge in [0.2, 0.25) is 5.91 Å². The van der Waals surface area contributed by atoms with Crippen LogP contribution in [0.15, 0.2) is 18.2 Å². The number of anilines is 1. The van der Waals surface area contributed by atoms with Crippen LogP contribution in [0.5, 0.6) is 0 Å². The minimum absolute atomic E-state index is 0.104. The Morgan fingerprint density at radius 3 is 2.52 bits per heavy atom. The lowest BCUT2D eigenvalue weighted by Crippen LogP contribution is -2.47. The van der Waals surface area contributed by atoms with Crippen LogP contribution in [0.25, 0.3) is 0 Å². The van der Waals surface area contributed by atoms with Gasteiger partial charge in [0.05, 0.1) is 0 Å². The predicted molar refractivity (Wildman–Crippen MR) is 91.3 cm³/mol. The average Bonchev–Trinajstić information content (AvgIpc) is 2.43. The number of hydrogen-bond acceptors (Lipinski definition) is 2. The van der Waals surface area contributed by atoms with Crippen LogP contribution in [-0.4, -0.2) is 36.0 Å². The number of likely N-dealkylation sites (tertiary alicyclic amines) is 1. The molecule has 1 aliphatic rings. The molecule has 0 spiro atoms. The Morgan fingerprint density at radius 1 is 1.29 bits per heavy atom. The Kier molecular flexibility index (Phi) is 5.44. The maximum atomic E-state index is 12.0. The zero-order chi connectivity index (χ0) is 15.4. The number of amides is 3. The van der Waals surface area contributed by atoms with Crippen LogP contribution in [0.1, 0.15) is 25.3 Å². The molecule has 1 saturated heterocycles. The predicted octanol–water partition coefficient (Wildman–Crippen LogP) is 2.73. The number of carbonyl (C=O) groups is 2. The van der Waals surface area contributed by atoms with Gasteiger partial charge in [0.25, 0.3) is 0 Å². The molecule has 2 rings (SSSR count). The van der Waals surface area contributed by atoms with Crippen molar-refractivity contribution in [2.75, 3.05) is 18.4 Å². The van der Waals surface area contributed by atoms with Crippen molar-refractivity contribution in [3.8, 4) is 0 Å². The van der Waals surface area contributed by atoms with E-state index in [9.17, 15) is 9.59 Å². The molecule has 5 nitrogen and oxygen atoms in total. The SMILES string of the molecule is CC(=O)N1CCC(NC(=O)Nc2ccc(C)c(I)c2)CC1. The van der Waals surface area contributed by atoms with Crippen molar-refractivity contribution in [1.29, 1.82) is 0 Å². The molecule has 6 heteroatoms. The molecular weight excluding hydrogens is 381 g/mol. The van der Waals surface area contributed by atoms with Crippen LogP contribution in [0.2, 0.25) is 0 Å². The highest BCUT2D eigenvalue weighted by molar-refractivity contribution is 14.1. The first-order valence-corrected chi connectivity index (χ1v) is 8.13. The smallest absolute Gasteiger partial charge is 0.319 e. The number of nitrogens with zero attached hydrogens (tertiary/aromatic N) is 1. The number of benzene rings is 1. The third kappa shape index (κ3) is 4.59. The third-order valence-corrected chi connectivity index (χ3v) is 4.87. The van der Waals surface area contributed by atoms with Gasteiger partial charge in [0, 0.05) is 35.3 Å². The van der Waals surface area contributed by atoms with Crippen LogP contribution in [0.3, 0.4) is 0 Å². The zero-order valence-electron chi connectivity index (χ0n) is 12.3. The van der Waals surface area contributed by atoms with Crippen molar-refractivity contribution < 1.29 is 9.59 Å². The Bertz CT molecular complexity index is 540. The van der Waals surface area contributed by atoms with Crippen molar-refractivity contribution in [2.24, 2.45) is 0 Å². The monoisotopic (exact) mass is 401 g/mol. The average molecular weight is 401 g/mol. The number of halogens is 1. The minimum atomic E-state index is -0.184. The van der Waals surface area contributed by atoms with Gasteiger partial charge in [-0.1, -0.05) is 6.07 Å². The van der Waals surface area contributed by atoms with Gasteiger partial charge in [0.1, 0.15) is 0 Å². The summed E-state index contributed by atoms with van der Waals surface area (Å²) in [7, 11) is 0. The van der Waals surface area contributed by atoms with Gasteiger partial charge in [-0.2, -0.15) is 0 Å². The molecule has 0 aliphatic carbocycles. The Labute approximate surface area is 138 Å². The van der Waals surface area contributed by atoms with Crippen molar-refractivity contribution >= 4 is 40.2 Å². The summed E-state index contributed by atoms with van der Waals surface area (Å²) in [4.78, 5) is 25.1. The maximum Gasteiger partial charge on any atom is 0.319 e. The topological polar surface area (TPSA) is 61.4 Å². The van der Waals surface area contributed by atoms with Gasteiger partial charge in [-0.3, -0.25) is 4.79 Å². The van der Waals surface area contributed by atoms with Crippen molar-refractivity contribution in [1.82, 2.24) is 10.2 Å². The highest BCUT2D eigenvalue weighted by Gasteiger charge is 2.21. The van der Waals surface area contributed by atoms with Gasteiger partial charge < -0.3 is 15.5 Å². The van der Waals surface area contributed by atoms with E-state index in [2.05, 4.69) is 33.2 Å². The van der Waals surface area contributed by atoms with Crippen molar-refractivity contribution in [2.45, 2.75) is 32.7 Å². The first-order valence-electron chi connectivity index (χ1n) is 7.05. The summed E-state index contributed by atoms with van der Waals surface area (Å²) in [6.07, 6.45) is 1.61. The van der Waals surface area contributed by atoms with E-state index in [1.54, 1.807) is 6.92 Å². The van der Waals surface area contributed by atoms with E-state index in [1.807, 2.05) is 30.0 Å². The van der Waals surface area contributed by atoms with Gasteiger partial charge in [-0.25, -0.2) is 4.79 Å². The van der Waals surface area contributed by atoms with Crippen LogP contribution in [0, 0.1) is 10.5 Å². The number of hydrogen-bond donors (Lipinski definition) is 2. The summed E-state index contributed by atoms with van der Waals surface area (Å²) in [6, 6.07) is 5.78. The molecular formula is C15H20IN3O2. The molecule has 1 heterocycles. The minimum Gasteiger partial charge on any atom is -0.343 e. The van der Waals surface area contributed by atoms with E-state index in [-0.39, 0.29) is 18.0 Å². The molecule has 1 fully saturated rings. The van der Waals surface area contributed by atoms with E-state index in [0.717, 1.165) is 22.1 Å². The Morgan fingerprint density at radius 2 is 1.95 bits per heavy atom. The van der Waals surface area contributed by atoms with Crippen molar-refractivity contribution in [3.63, 3.8) is 0 Å². The molecule has 21 heavy (non-hydrogen) atoms. The molecule has 0 saturated carbocycles. The lowest BCUT2D eigenvalue weighted by atomic mass is 10.1. The number of rotatable bonds is 2. The summed E-state index contributed by atoms with van der Waals surface area (Å²) >= 11 is 2.25. The first-order chi connectivity index (χ1) is 9.95. The maximum absolute atomic E-state index is 12.0. The van der Waals surface area contributed by atoms with Crippen molar-refractivity contribution in [3.05, 3.63) is 27.3 Å². The normalized spacial score (nSPS) is 15.7. The highest BCUT2D eigenvalue weighted by atomic mass is 127. The highest BCUT2D eigenvalue weighted by Crippen LogP contribution is 2.17. The zero-order valence-corrected chi connectivity index (χ0v) is 14.4. The number of aryl methyl sites for hydroxylation is 1. The molecule has 0 aromatic heterocycles. The van der Waals surface area contributed by atoms with Crippen LogP contribution < -0.4 is 10.6 Å². The molecule has 0 radical (unpaired) electrons. The number of nitrogens with one attached hydrogen (secondary N) is 2. The van der Waals surface area contributed by atoms with Crippen LogP contribution >= 0.6 is 22.6 Å². The third-order valence-electron chi connectivity index (χ3n) is 3.71. The van der Waals surface area contributed by atoms with Gasteiger partial charge in [-0.05, 0) is 60.1 Å². The van der Waals surface area contributed by atoms with Crippen LogP contribution in [-0.2, 0) is 4.79 Å². The van der Waals surface area contributed by atoms with E-state index < -0.39 is 0 Å². The molecule has 1 aromatic carbocycles. The molecule has 2 N–H and O–H groups in total. The second-order valence-electron chi connectivity index (χ2n) is 5.34. The Hall–Kier alpha value is -1.31. The number of carbonyl (C=O) groups excluding carboxylic acids is 2. The first kappa shape index (κ1) is 16.1. The summed E-state index contributed by atoms with van der Waals surface area (Å²) in [5, 5.41) is 5.83. The van der Waals surface area contributed by atoms with Gasteiger partial charge >= 0.3 is 6.03 Å². The van der Waals surface area contributed by atoms with Crippen LogP contribution in [0.4, 0.5) is 10.5 Å². The fourth-order valence-corrected chi connectivity index (χ4v) is 2.88.